The van der Waals surface area contributed by atoms with Crippen molar-refractivity contribution in [3.05, 3.63) is 34.6 Å². The third-order valence-electron chi connectivity index (χ3n) is 4.13. The number of hydrogen-bond acceptors (Lipinski definition) is 3. The number of nitrogens with one attached hydrogen (secondary N) is 2. The van der Waals surface area contributed by atoms with Crippen molar-refractivity contribution in [2.24, 2.45) is 0 Å². The molecule has 0 radical (unpaired) electrons. The van der Waals surface area contributed by atoms with Crippen LogP contribution >= 0.6 is 0 Å². The molecule has 2 heterocycles. The van der Waals surface area contributed by atoms with Crippen LogP contribution in [0.5, 0.6) is 0 Å². The summed E-state index contributed by atoms with van der Waals surface area (Å²) in [4.78, 5) is 36.0. The highest BCUT2D eigenvalue weighted by atomic mass is 19.3. The van der Waals surface area contributed by atoms with E-state index in [1.807, 2.05) is 0 Å². The fraction of sp³-hybridized carbons (Fsp3) is 0.400. The number of carbonyl (C=O) groups excluding carboxylic acids is 3. The predicted octanol–water partition coefficient (Wildman–Crippen LogP) is 1.59. The highest BCUT2D eigenvalue weighted by Crippen LogP contribution is 2.30. The number of benzene rings is 1. The molecule has 1 saturated heterocycles. The van der Waals surface area contributed by atoms with Crippen LogP contribution in [-0.4, -0.2) is 28.8 Å². The Labute approximate surface area is 135 Å². The van der Waals surface area contributed by atoms with Crippen LogP contribution in [0.4, 0.5) is 18.0 Å². The number of amides is 4. The molecule has 0 bridgehead atoms. The van der Waals surface area contributed by atoms with Crippen LogP contribution in [-0.2, 0) is 22.7 Å². The summed E-state index contributed by atoms with van der Waals surface area (Å²) in [5.74, 6) is -1.76. The number of urea groups is 1. The highest BCUT2D eigenvalue weighted by molar-refractivity contribution is 6.04. The van der Waals surface area contributed by atoms with Gasteiger partial charge in [-0.3, -0.25) is 14.9 Å². The number of alkyl halides is 2. The van der Waals surface area contributed by atoms with Gasteiger partial charge in [0.1, 0.15) is 11.9 Å². The second kappa shape index (κ2) is 6.14. The van der Waals surface area contributed by atoms with Gasteiger partial charge in [-0.1, -0.05) is 0 Å². The minimum absolute atomic E-state index is 0.0105. The SMILES string of the molecule is O=C1NC(=O)C(CCC(=O)N2Cc3cc(F)c(C(F)F)cc3C2)N1. The van der Waals surface area contributed by atoms with Crippen LogP contribution in [0.1, 0.15) is 36.0 Å². The summed E-state index contributed by atoms with van der Waals surface area (Å²) in [7, 11) is 0. The van der Waals surface area contributed by atoms with Crippen LogP contribution < -0.4 is 10.6 Å². The van der Waals surface area contributed by atoms with Crippen molar-refractivity contribution in [1.82, 2.24) is 15.5 Å². The molecule has 4 amide bonds. The Morgan fingerprint density at radius 2 is 1.92 bits per heavy atom. The summed E-state index contributed by atoms with van der Waals surface area (Å²) in [5, 5.41) is 4.46. The van der Waals surface area contributed by atoms with Crippen LogP contribution in [0, 0.1) is 5.82 Å². The van der Waals surface area contributed by atoms with Gasteiger partial charge in [0.25, 0.3) is 12.3 Å². The predicted molar refractivity (Wildman–Crippen MR) is 75.3 cm³/mol. The third kappa shape index (κ3) is 3.06. The van der Waals surface area contributed by atoms with Gasteiger partial charge >= 0.3 is 6.03 Å². The van der Waals surface area contributed by atoms with E-state index in [0.717, 1.165) is 12.1 Å². The first-order chi connectivity index (χ1) is 11.3. The van der Waals surface area contributed by atoms with E-state index in [9.17, 15) is 27.6 Å². The molecule has 0 spiro atoms. The molecule has 0 aliphatic carbocycles. The van der Waals surface area contributed by atoms with Gasteiger partial charge in [0, 0.05) is 19.5 Å². The lowest BCUT2D eigenvalue weighted by Crippen LogP contribution is -2.32. The van der Waals surface area contributed by atoms with Crippen molar-refractivity contribution in [2.45, 2.75) is 38.4 Å². The van der Waals surface area contributed by atoms with E-state index in [0.29, 0.717) is 11.1 Å². The number of imide groups is 1. The fourth-order valence-corrected chi connectivity index (χ4v) is 2.87. The molecule has 3 rings (SSSR count). The summed E-state index contributed by atoms with van der Waals surface area (Å²) in [5.41, 5.74) is 0.317. The minimum Gasteiger partial charge on any atom is -0.334 e. The molecule has 9 heteroatoms. The van der Waals surface area contributed by atoms with Crippen LogP contribution in [0.2, 0.25) is 0 Å². The smallest absolute Gasteiger partial charge is 0.322 e. The number of nitrogens with zero attached hydrogens (tertiary/aromatic N) is 1. The van der Waals surface area contributed by atoms with Crippen molar-refractivity contribution in [1.29, 1.82) is 0 Å². The average Bonchev–Trinajstić information content (AvgIpc) is 3.06. The molecule has 2 aliphatic rings. The first-order valence-electron chi connectivity index (χ1n) is 7.33. The summed E-state index contributed by atoms with van der Waals surface area (Å²) < 4.78 is 39.0. The lowest BCUT2D eigenvalue weighted by atomic mass is 10.1. The topological polar surface area (TPSA) is 78.5 Å². The van der Waals surface area contributed by atoms with Crippen molar-refractivity contribution in [3.8, 4) is 0 Å². The van der Waals surface area contributed by atoms with Crippen LogP contribution in [0.15, 0.2) is 12.1 Å². The Balaban J connectivity index is 1.61. The fourth-order valence-electron chi connectivity index (χ4n) is 2.87. The maximum Gasteiger partial charge on any atom is 0.322 e. The molecule has 128 valence electrons. The Bertz CT molecular complexity index is 723. The molecule has 1 fully saturated rings. The molecule has 0 saturated carbocycles. The van der Waals surface area contributed by atoms with Gasteiger partial charge in [-0.2, -0.15) is 0 Å². The van der Waals surface area contributed by atoms with Gasteiger partial charge in [-0.25, -0.2) is 18.0 Å². The Morgan fingerprint density at radius 3 is 2.50 bits per heavy atom. The zero-order valence-corrected chi connectivity index (χ0v) is 12.4. The Morgan fingerprint density at radius 1 is 1.25 bits per heavy atom. The quantitative estimate of drug-likeness (QED) is 0.817. The van der Waals surface area contributed by atoms with Gasteiger partial charge in [0.2, 0.25) is 5.91 Å². The van der Waals surface area contributed by atoms with Crippen LogP contribution in [0.25, 0.3) is 0 Å². The summed E-state index contributed by atoms with van der Waals surface area (Å²) in [6.45, 7) is 0.259. The third-order valence-corrected chi connectivity index (χ3v) is 4.13. The van der Waals surface area contributed by atoms with Gasteiger partial charge in [-0.05, 0) is 29.7 Å². The number of rotatable bonds is 4. The molecule has 2 N–H and O–H groups in total. The zero-order valence-electron chi connectivity index (χ0n) is 12.4. The van der Waals surface area contributed by atoms with Gasteiger partial charge in [0.05, 0.1) is 5.56 Å². The van der Waals surface area contributed by atoms with E-state index in [2.05, 4.69) is 10.6 Å². The van der Waals surface area contributed by atoms with Crippen molar-refractivity contribution >= 4 is 17.8 Å². The van der Waals surface area contributed by atoms with Gasteiger partial charge < -0.3 is 10.2 Å². The summed E-state index contributed by atoms with van der Waals surface area (Å²) in [6.07, 6.45) is -2.76. The largest absolute Gasteiger partial charge is 0.334 e. The second-order valence-electron chi connectivity index (χ2n) is 5.75. The zero-order chi connectivity index (χ0) is 17.4. The van der Waals surface area contributed by atoms with E-state index in [1.165, 1.54) is 4.90 Å². The molecule has 1 unspecified atom stereocenters. The maximum absolute atomic E-state index is 13.6. The van der Waals surface area contributed by atoms with Crippen LogP contribution in [0.3, 0.4) is 0 Å². The molecule has 2 aliphatic heterocycles. The van der Waals surface area contributed by atoms with Crippen molar-refractivity contribution < 1.29 is 27.6 Å². The normalized spacial score (nSPS) is 19.5. The molecule has 0 aromatic heterocycles. The van der Waals surface area contributed by atoms with E-state index >= 15 is 0 Å². The molecule has 6 nitrogen and oxygen atoms in total. The molecule has 1 aromatic rings. The molecular weight excluding hydrogens is 327 g/mol. The Kier molecular flexibility index (Phi) is 4.16. The van der Waals surface area contributed by atoms with Crippen molar-refractivity contribution in [2.75, 3.05) is 0 Å². The summed E-state index contributed by atoms with van der Waals surface area (Å²) in [6, 6.07) is 0.775. The lowest BCUT2D eigenvalue weighted by molar-refractivity contribution is -0.132. The molecule has 1 aromatic carbocycles. The minimum atomic E-state index is -2.91. The van der Waals surface area contributed by atoms with E-state index < -0.39 is 35.8 Å². The Hall–Kier alpha value is -2.58. The first-order valence-corrected chi connectivity index (χ1v) is 7.33. The first kappa shape index (κ1) is 16.3. The second-order valence-corrected chi connectivity index (χ2v) is 5.75. The van der Waals surface area contributed by atoms with Gasteiger partial charge in [-0.15, -0.1) is 0 Å². The summed E-state index contributed by atoms with van der Waals surface area (Å²) >= 11 is 0. The van der Waals surface area contributed by atoms with Gasteiger partial charge in [0.15, 0.2) is 0 Å². The molecule has 24 heavy (non-hydrogen) atoms. The number of carbonyl (C=O) groups is 3. The van der Waals surface area contributed by atoms with E-state index in [-0.39, 0.29) is 31.8 Å². The number of fused-ring (bicyclic) bond motifs is 1. The van der Waals surface area contributed by atoms with Crippen molar-refractivity contribution in [3.63, 3.8) is 0 Å². The highest BCUT2D eigenvalue weighted by Gasteiger charge is 2.31. The molecular formula is C15H14F3N3O3. The van der Waals surface area contributed by atoms with E-state index in [1.54, 1.807) is 0 Å². The maximum atomic E-state index is 13.6. The average molecular weight is 341 g/mol. The number of hydrogen-bond donors (Lipinski definition) is 2. The lowest BCUT2D eigenvalue weighted by Gasteiger charge is -2.16. The standard InChI is InChI=1S/C15H14F3N3O3/c16-10-4-8-6-21(5-7(8)3-9(10)13(17)18)12(22)2-1-11-14(23)20-15(24)19-11/h3-4,11,13H,1-2,5-6H2,(H2,19,20,23,24). The monoisotopic (exact) mass is 341 g/mol. The number of halogens is 3. The molecule has 1 atom stereocenters. The van der Waals surface area contributed by atoms with E-state index in [4.69, 9.17) is 0 Å².